The lowest BCUT2D eigenvalue weighted by atomic mass is 10.4. The molecule has 12 heavy (non-hydrogen) atoms. The minimum absolute atomic E-state index is 0.814. The summed E-state index contributed by atoms with van der Waals surface area (Å²) in [7, 11) is 0. The molecular weight excluding hydrogens is 168 g/mol. The zero-order chi connectivity index (χ0) is 8.81. The van der Waals surface area contributed by atoms with Crippen molar-refractivity contribution in [1.29, 1.82) is 0 Å². The topological polar surface area (TPSA) is 38.4 Å². The van der Waals surface area contributed by atoms with Gasteiger partial charge < -0.3 is 5.73 Å². The highest BCUT2D eigenvalue weighted by Crippen LogP contribution is 2.28. The van der Waals surface area contributed by atoms with Crippen LogP contribution in [0.4, 0.5) is 0 Å². The van der Waals surface area contributed by atoms with E-state index in [0.29, 0.717) is 0 Å². The van der Waals surface area contributed by atoms with E-state index in [2.05, 4.69) is 4.99 Å². The van der Waals surface area contributed by atoms with Crippen molar-refractivity contribution < 1.29 is 0 Å². The van der Waals surface area contributed by atoms with Crippen molar-refractivity contribution in [3.63, 3.8) is 0 Å². The smallest absolute Gasteiger partial charge is 0.104 e. The summed E-state index contributed by atoms with van der Waals surface area (Å²) in [4.78, 5) is 4.16. The normalized spacial score (nSPS) is 20.2. The summed E-state index contributed by atoms with van der Waals surface area (Å²) >= 11 is 1.98. The van der Waals surface area contributed by atoms with Crippen LogP contribution in [0.3, 0.4) is 0 Å². The first-order chi connectivity index (χ1) is 5.83. The Morgan fingerprint density at radius 2 is 2.17 bits per heavy atom. The van der Waals surface area contributed by atoms with Gasteiger partial charge in [-0.3, -0.25) is 4.99 Å². The molecule has 2 N–H and O–H groups in total. The lowest BCUT2D eigenvalue weighted by molar-refractivity contribution is 0.886. The molecule has 3 heteroatoms. The van der Waals surface area contributed by atoms with E-state index in [-0.39, 0.29) is 0 Å². The Morgan fingerprint density at radius 3 is 2.75 bits per heavy atom. The predicted octanol–water partition coefficient (Wildman–Crippen LogP) is 2.04. The zero-order valence-electron chi connectivity index (χ0n) is 7.75. The van der Waals surface area contributed by atoms with Gasteiger partial charge in [-0.15, -0.1) is 0 Å². The number of aliphatic imine (C=N–C) groups is 1. The van der Waals surface area contributed by atoms with Crippen molar-refractivity contribution in [2.45, 2.75) is 37.9 Å². The second-order valence-electron chi connectivity index (χ2n) is 3.18. The Hall–Kier alpha value is -0.180. The standard InChI is InChI=1S/C9H18N2S/c1-2-11-9(10)7-12-8-5-3-4-6-8/h8H,2-7H2,1H3,(H2,10,11). The summed E-state index contributed by atoms with van der Waals surface area (Å²) in [5.74, 6) is 1.74. The third kappa shape index (κ3) is 3.48. The first-order valence-corrected chi connectivity index (χ1v) is 5.78. The minimum Gasteiger partial charge on any atom is -0.387 e. The van der Waals surface area contributed by atoms with Gasteiger partial charge in [0.1, 0.15) is 5.84 Å². The Morgan fingerprint density at radius 1 is 1.50 bits per heavy atom. The highest BCUT2D eigenvalue weighted by atomic mass is 32.2. The van der Waals surface area contributed by atoms with Crippen LogP contribution in [0.2, 0.25) is 0 Å². The molecule has 0 aromatic heterocycles. The number of rotatable bonds is 4. The molecule has 0 bridgehead atoms. The van der Waals surface area contributed by atoms with Gasteiger partial charge in [0.05, 0.1) is 5.75 Å². The van der Waals surface area contributed by atoms with Gasteiger partial charge in [-0.25, -0.2) is 0 Å². The molecule has 70 valence electrons. The van der Waals surface area contributed by atoms with E-state index in [1.54, 1.807) is 0 Å². The molecule has 0 atom stereocenters. The van der Waals surface area contributed by atoms with Gasteiger partial charge in [0.25, 0.3) is 0 Å². The Bertz CT molecular complexity index is 151. The number of hydrogen-bond donors (Lipinski definition) is 1. The molecule has 2 nitrogen and oxygen atoms in total. The fourth-order valence-corrected chi connectivity index (χ4v) is 2.67. The van der Waals surface area contributed by atoms with Crippen LogP contribution in [0.15, 0.2) is 4.99 Å². The van der Waals surface area contributed by atoms with Crippen LogP contribution in [-0.2, 0) is 0 Å². The van der Waals surface area contributed by atoms with Crippen LogP contribution < -0.4 is 5.73 Å². The van der Waals surface area contributed by atoms with Gasteiger partial charge in [-0.05, 0) is 19.8 Å². The van der Waals surface area contributed by atoms with Crippen molar-refractivity contribution in [3.05, 3.63) is 0 Å². The van der Waals surface area contributed by atoms with E-state index in [4.69, 9.17) is 5.73 Å². The molecule has 1 saturated carbocycles. The van der Waals surface area contributed by atoms with Gasteiger partial charge in [-0.1, -0.05) is 12.8 Å². The van der Waals surface area contributed by atoms with Crippen LogP contribution in [0.5, 0.6) is 0 Å². The highest BCUT2D eigenvalue weighted by Gasteiger charge is 2.15. The molecule has 0 aromatic rings. The Balaban J connectivity index is 2.11. The SMILES string of the molecule is CCN=C(N)CSC1CCCC1. The van der Waals surface area contributed by atoms with Crippen LogP contribution in [0.1, 0.15) is 32.6 Å². The monoisotopic (exact) mass is 186 g/mol. The zero-order valence-corrected chi connectivity index (χ0v) is 8.57. The average Bonchev–Trinajstić information content (AvgIpc) is 2.53. The first-order valence-electron chi connectivity index (χ1n) is 4.73. The van der Waals surface area contributed by atoms with Crippen molar-refractivity contribution in [2.24, 2.45) is 10.7 Å². The van der Waals surface area contributed by atoms with Crippen molar-refractivity contribution in [2.75, 3.05) is 12.3 Å². The second-order valence-corrected chi connectivity index (χ2v) is 4.47. The molecule has 0 aliphatic heterocycles. The van der Waals surface area contributed by atoms with Gasteiger partial charge >= 0.3 is 0 Å². The summed E-state index contributed by atoms with van der Waals surface area (Å²) in [5, 5.41) is 0.857. The van der Waals surface area contributed by atoms with E-state index in [1.807, 2.05) is 18.7 Å². The molecule has 1 rings (SSSR count). The fraction of sp³-hybridized carbons (Fsp3) is 0.889. The number of amidine groups is 1. The third-order valence-electron chi connectivity index (χ3n) is 2.13. The lowest BCUT2D eigenvalue weighted by Crippen LogP contribution is -2.16. The first kappa shape index (κ1) is 9.90. The lowest BCUT2D eigenvalue weighted by Gasteiger charge is -2.07. The third-order valence-corrected chi connectivity index (χ3v) is 3.54. The highest BCUT2D eigenvalue weighted by molar-refractivity contribution is 8.00. The largest absolute Gasteiger partial charge is 0.387 e. The van der Waals surface area contributed by atoms with E-state index in [9.17, 15) is 0 Å². The van der Waals surface area contributed by atoms with E-state index >= 15 is 0 Å². The Kier molecular flexibility index (Phi) is 4.51. The molecule has 0 unspecified atom stereocenters. The summed E-state index contributed by atoms with van der Waals surface area (Å²) in [5.41, 5.74) is 5.69. The molecule has 1 fully saturated rings. The van der Waals surface area contributed by atoms with Crippen molar-refractivity contribution in [1.82, 2.24) is 0 Å². The molecular formula is C9H18N2S. The fourth-order valence-electron chi connectivity index (χ4n) is 1.51. The number of nitrogens with two attached hydrogens (primary N) is 1. The molecule has 1 aliphatic carbocycles. The van der Waals surface area contributed by atoms with Gasteiger partial charge in [0, 0.05) is 11.8 Å². The van der Waals surface area contributed by atoms with Crippen molar-refractivity contribution in [3.8, 4) is 0 Å². The van der Waals surface area contributed by atoms with Crippen LogP contribution in [-0.4, -0.2) is 23.4 Å². The average molecular weight is 186 g/mol. The van der Waals surface area contributed by atoms with Crippen LogP contribution >= 0.6 is 11.8 Å². The summed E-state index contributed by atoms with van der Waals surface area (Å²) < 4.78 is 0. The van der Waals surface area contributed by atoms with E-state index in [0.717, 1.165) is 23.4 Å². The predicted molar refractivity (Wildman–Crippen MR) is 56.9 cm³/mol. The molecule has 1 aliphatic rings. The number of nitrogens with zero attached hydrogens (tertiary/aromatic N) is 1. The maximum atomic E-state index is 5.69. The molecule has 0 radical (unpaired) electrons. The van der Waals surface area contributed by atoms with E-state index < -0.39 is 0 Å². The second kappa shape index (κ2) is 5.46. The summed E-state index contributed by atoms with van der Waals surface area (Å²) in [6.45, 7) is 2.84. The summed E-state index contributed by atoms with van der Waals surface area (Å²) in [6, 6.07) is 0. The molecule has 0 aromatic carbocycles. The van der Waals surface area contributed by atoms with Gasteiger partial charge in [-0.2, -0.15) is 11.8 Å². The molecule has 0 heterocycles. The maximum absolute atomic E-state index is 5.69. The van der Waals surface area contributed by atoms with Gasteiger partial charge in [0.2, 0.25) is 0 Å². The van der Waals surface area contributed by atoms with Crippen molar-refractivity contribution >= 4 is 17.6 Å². The quantitative estimate of drug-likeness (QED) is 0.539. The number of thioether (sulfide) groups is 1. The van der Waals surface area contributed by atoms with Gasteiger partial charge in [0.15, 0.2) is 0 Å². The molecule has 0 amide bonds. The molecule has 0 spiro atoms. The molecule has 0 saturated heterocycles. The Labute approximate surface area is 79.0 Å². The summed E-state index contributed by atoms with van der Waals surface area (Å²) in [6.07, 6.45) is 5.57. The number of hydrogen-bond acceptors (Lipinski definition) is 2. The van der Waals surface area contributed by atoms with Crippen LogP contribution in [0.25, 0.3) is 0 Å². The van der Waals surface area contributed by atoms with E-state index in [1.165, 1.54) is 25.7 Å². The minimum atomic E-state index is 0.814. The maximum Gasteiger partial charge on any atom is 0.104 e. The van der Waals surface area contributed by atoms with Crippen LogP contribution in [0, 0.1) is 0 Å².